The van der Waals surface area contributed by atoms with Crippen LogP contribution >= 0.6 is 11.6 Å². The molecule has 0 spiro atoms. The first-order valence-electron chi connectivity index (χ1n) is 6.16. The number of hydrogen-bond acceptors (Lipinski definition) is 4. The molecule has 2 N–H and O–H groups in total. The van der Waals surface area contributed by atoms with Crippen molar-refractivity contribution < 1.29 is 19.0 Å². The van der Waals surface area contributed by atoms with E-state index in [1.165, 1.54) is 12.1 Å². The van der Waals surface area contributed by atoms with Crippen molar-refractivity contribution in [2.45, 2.75) is 13.0 Å². The number of para-hydroxylation sites is 1. The van der Waals surface area contributed by atoms with Crippen LogP contribution in [0.25, 0.3) is 0 Å². The average Bonchev–Trinajstić information content (AvgIpc) is 2.38. The molecule has 0 bridgehead atoms. The molecule has 108 valence electrons. The van der Waals surface area contributed by atoms with Crippen molar-refractivity contribution in [1.82, 2.24) is 0 Å². The Hall–Kier alpha value is -0.880. The van der Waals surface area contributed by atoms with Crippen molar-refractivity contribution in [3.63, 3.8) is 0 Å². The highest BCUT2D eigenvalue weighted by Gasteiger charge is 2.09. The minimum absolute atomic E-state index is 0.159. The summed E-state index contributed by atoms with van der Waals surface area (Å²) in [6.07, 6.45) is -0.739. The van der Waals surface area contributed by atoms with Crippen LogP contribution in [0, 0.1) is 5.82 Å². The second-order valence-corrected chi connectivity index (χ2v) is 4.31. The molecule has 0 fully saturated rings. The highest BCUT2D eigenvalue weighted by Crippen LogP contribution is 2.24. The monoisotopic (exact) mass is 291 g/mol. The second kappa shape index (κ2) is 9.09. The molecule has 6 heteroatoms. The van der Waals surface area contributed by atoms with Crippen LogP contribution in [0.15, 0.2) is 18.2 Å². The van der Waals surface area contributed by atoms with Crippen LogP contribution < -0.4 is 5.32 Å². The summed E-state index contributed by atoms with van der Waals surface area (Å²) in [5.74, 6) is -0.447. The molecule has 1 aromatic carbocycles. The maximum absolute atomic E-state index is 13.4. The van der Waals surface area contributed by atoms with Crippen LogP contribution in [0.2, 0.25) is 5.02 Å². The number of benzene rings is 1. The number of halogens is 2. The molecule has 0 aromatic heterocycles. The normalized spacial score (nSPS) is 12.4. The molecule has 1 aromatic rings. The van der Waals surface area contributed by atoms with Gasteiger partial charge in [-0.15, -0.1) is 0 Å². The Morgan fingerprint density at radius 3 is 2.79 bits per heavy atom. The zero-order chi connectivity index (χ0) is 14.1. The van der Waals surface area contributed by atoms with Gasteiger partial charge in [-0.05, 0) is 19.1 Å². The quantitative estimate of drug-likeness (QED) is 0.686. The average molecular weight is 292 g/mol. The third kappa shape index (κ3) is 6.20. The summed E-state index contributed by atoms with van der Waals surface area (Å²) in [6, 6.07) is 4.41. The molecule has 1 unspecified atom stereocenters. The van der Waals surface area contributed by atoms with Gasteiger partial charge in [-0.2, -0.15) is 0 Å². The predicted molar refractivity (Wildman–Crippen MR) is 73.2 cm³/mol. The van der Waals surface area contributed by atoms with E-state index in [-0.39, 0.29) is 23.9 Å². The number of nitrogens with one attached hydrogen (secondary N) is 1. The number of hydrogen-bond donors (Lipinski definition) is 2. The third-order valence-corrected chi connectivity index (χ3v) is 2.68. The van der Waals surface area contributed by atoms with Gasteiger partial charge in [0.25, 0.3) is 0 Å². The first kappa shape index (κ1) is 16.2. The van der Waals surface area contributed by atoms with E-state index in [1.54, 1.807) is 6.07 Å². The molecular weight excluding hydrogens is 273 g/mol. The van der Waals surface area contributed by atoms with Crippen molar-refractivity contribution in [3.8, 4) is 0 Å². The molecule has 0 amide bonds. The standard InChI is InChI=1S/C13H19ClFNO3/c1-2-18-6-7-19-9-10(17)8-16-13-11(14)4-3-5-12(13)15/h3-5,10,16-17H,2,6-9H2,1H3. The summed E-state index contributed by atoms with van der Waals surface area (Å²) in [4.78, 5) is 0. The van der Waals surface area contributed by atoms with Crippen LogP contribution in [-0.2, 0) is 9.47 Å². The fourth-order valence-electron chi connectivity index (χ4n) is 1.43. The minimum Gasteiger partial charge on any atom is -0.389 e. The van der Waals surface area contributed by atoms with E-state index in [9.17, 15) is 9.50 Å². The lowest BCUT2D eigenvalue weighted by Crippen LogP contribution is -2.26. The van der Waals surface area contributed by atoms with E-state index in [0.29, 0.717) is 19.8 Å². The number of aliphatic hydroxyl groups is 1. The van der Waals surface area contributed by atoms with Crippen molar-refractivity contribution in [3.05, 3.63) is 29.0 Å². The van der Waals surface area contributed by atoms with Crippen molar-refractivity contribution in [2.75, 3.05) is 38.3 Å². The molecule has 0 aliphatic rings. The van der Waals surface area contributed by atoms with E-state index in [4.69, 9.17) is 21.1 Å². The molecule has 0 saturated carbocycles. The molecule has 1 rings (SSSR count). The van der Waals surface area contributed by atoms with Crippen molar-refractivity contribution in [1.29, 1.82) is 0 Å². The smallest absolute Gasteiger partial charge is 0.147 e. The van der Waals surface area contributed by atoms with Crippen molar-refractivity contribution >= 4 is 17.3 Å². The van der Waals surface area contributed by atoms with E-state index in [1.807, 2.05) is 6.92 Å². The molecule has 0 aliphatic carbocycles. The first-order chi connectivity index (χ1) is 9.15. The number of ether oxygens (including phenoxy) is 2. The molecule has 0 aliphatic heterocycles. The van der Waals surface area contributed by atoms with E-state index in [0.717, 1.165) is 0 Å². The van der Waals surface area contributed by atoms with Crippen LogP contribution in [0.4, 0.5) is 10.1 Å². The summed E-state index contributed by atoms with van der Waals surface area (Å²) in [7, 11) is 0. The maximum atomic E-state index is 13.4. The van der Waals surface area contributed by atoms with Gasteiger partial charge in [-0.25, -0.2) is 4.39 Å². The largest absolute Gasteiger partial charge is 0.389 e. The van der Waals surface area contributed by atoms with E-state index in [2.05, 4.69) is 5.32 Å². The molecule has 0 saturated heterocycles. The van der Waals surface area contributed by atoms with Crippen LogP contribution in [-0.4, -0.2) is 44.2 Å². The Balaban J connectivity index is 2.24. The minimum atomic E-state index is -0.739. The highest BCUT2D eigenvalue weighted by atomic mass is 35.5. The summed E-state index contributed by atoms with van der Waals surface area (Å²) in [6.45, 7) is 3.78. The number of rotatable bonds is 9. The summed E-state index contributed by atoms with van der Waals surface area (Å²) in [5.41, 5.74) is 0.192. The molecule has 0 heterocycles. The second-order valence-electron chi connectivity index (χ2n) is 3.90. The highest BCUT2D eigenvalue weighted by molar-refractivity contribution is 6.33. The molecule has 1 atom stereocenters. The van der Waals surface area contributed by atoms with Gasteiger partial charge in [0.2, 0.25) is 0 Å². The number of aliphatic hydroxyl groups excluding tert-OH is 1. The topological polar surface area (TPSA) is 50.7 Å². The SMILES string of the molecule is CCOCCOCC(O)CNc1c(F)cccc1Cl. The van der Waals surface area contributed by atoms with Crippen LogP contribution in [0.5, 0.6) is 0 Å². The maximum Gasteiger partial charge on any atom is 0.147 e. The Kier molecular flexibility index (Phi) is 7.74. The fourth-order valence-corrected chi connectivity index (χ4v) is 1.66. The lowest BCUT2D eigenvalue weighted by molar-refractivity contribution is 0.0103. The molecule has 19 heavy (non-hydrogen) atoms. The Morgan fingerprint density at radius 1 is 1.37 bits per heavy atom. The van der Waals surface area contributed by atoms with Gasteiger partial charge < -0.3 is 19.9 Å². The van der Waals surface area contributed by atoms with Gasteiger partial charge in [0.05, 0.1) is 36.6 Å². The van der Waals surface area contributed by atoms with Gasteiger partial charge >= 0.3 is 0 Å². The molecular formula is C13H19ClFNO3. The summed E-state index contributed by atoms with van der Waals surface area (Å²) < 4.78 is 23.7. The predicted octanol–water partition coefficient (Wildman–Crippen LogP) is 2.30. The van der Waals surface area contributed by atoms with Gasteiger partial charge in [0, 0.05) is 13.2 Å². The first-order valence-corrected chi connectivity index (χ1v) is 6.54. The Morgan fingerprint density at radius 2 is 2.11 bits per heavy atom. The van der Waals surface area contributed by atoms with Gasteiger partial charge in [0.15, 0.2) is 0 Å². The fraction of sp³-hybridized carbons (Fsp3) is 0.538. The van der Waals surface area contributed by atoms with Gasteiger partial charge in [0.1, 0.15) is 5.82 Å². The van der Waals surface area contributed by atoms with Gasteiger partial charge in [-0.1, -0.05) is 17.7 Å². The lowest BCUT2D eigenvalue weighted by atomic mass is 10.3. The number of anilines is 1. The lowest BCUT2D eigenvalue weighted by Gasteiger charge is -2.14. The third-order valence-electron chi connectivity index (χ3n) is 2.36. The van der Waals surface area contributed by atoms with Crippen LogP contribution in [0.3, 0.4) is 0 Å². The Labute approximate surface area is 117 Å². The van der Waals surface area contributed by atoms with Gasteiger partial charge in [-0.3, -0.25) is 0 Å². The Bertz CT molecular complexity index is 359. The summed E-state index contributed by atoms with van der Waals surface area (Å²) in [5, 5.41) is 12.7. The summed E-state index contributed by atoms with van der Waals surface area (Å²) >= 11 is 5.84. The molecule has 4 nitrogen and oxygen atoms in total. The van der Waals surface area contributed by atoms with E-state index < -0.39 is 11.9 Å². The zero-order valence-corrected chi connectivity index (χ0v) is 11.6. The van der Waals surface area contributed by atoms with E-state index >= 15 is 0 Å². The van der Waals surface area contributed by atoms with Crippen molar-refractivity contribution in [2.24, 2.45) is 0 Å². The zero-order valence-electron chi connectivity index (χ0n) is 10.9. The van der Waals surface area contributed by atoms with Crippen LogP contribution in [0.1, 0.15) is 6.92 Å². The molecule has 0 radical (unpaired) electrons.